The maximum absolute atomic E-state index is 12.3. The second-order valence-corrected chi connectivity index (χ2v) is 6.22. The fourth-order valence-corrected chi connectivity index (χ4v) is 2.97. The summed E-state index contributed by atoms with van der Waals surface area (Å²) in [7, 11) is 1.65. The Bertz CT molecular complexity index is 1150. The van der Waals surface area contributed by atoms with Gasteiger partial charge < -0.3 is 9.15 Å². The van der Waals surface area contributed by atoms with Crippen molar-refractivity contribution in [3.8, 4) is 16.9 Å². The summed E-state index contributed by atoms with van der Waals surface area (Å²) in [6.07, 6.45) is 4.08. The fraction of sp³-hybridized carbons (Fsp3) is 0.0417. The molecular formula is C24H18O3. The van der Waals surface area contributed by atoms with Gasteiger partial charge >= 0.3 is 5.63 Å². The highest BCUT2D eigenvalue weighted by Crippen LogP contribution is 2.23. The van der Waals surface area contributed by atoms with Crippen LogP contribution >= 0.6 is 0 Å². The molecule has 0 aliphatic rings. The number of fused-ring (bicyclic) bond motifs is 1. The van der Waals surface area contributed by atoms with E-state index in [-0.39, 0.29) is 5.63 Å². The van der Waals surface area contributed by atoms with Crippen molar-refractivity contribution in [3.63, 3.8) is 0 Å². The number of methoxy groups -OCH3 is 1. The lowest BCUT2D eigenvalue weighted by Gasteiger charge is -2.04. The van der Waals surface area contributed by atoms with Crippen LogP contribution in [0.25, 0.3) is 34.2 Å². The molecule has 0 N–H and O–H groups in total. The zero-order valence-electron chi connectivity index (χ0n) is 14.9. The second-order valence-electron chi connectivity index (χ2n) is 6.22. The van der Waals surface area contributed by atoms with Crippen molar-refractivity contribution in [2.45, 2.75) is 0 Å². The summed E-state index contributed by atoms with van der Waals surface area (Å²) >= 11 is 0. The van der Waals surface area contributed by atoms with Crippen molar-refractivity contribution in [1.82, 2.24) is 0 Å². The molecule has 3 nitrogen and oxygen atoms in total. The Hall–Kier alpha value is -3.59. The molecule has 0 fully saturated rings. The molecule has 0 aliphatic carbocycles. The molecule has 1 aromatic heterocycles. The van der Waals surface area contributed by atoms with Crippen LogP contribution in [0.1, 0.15) is 11.1 Å². The Morgan fingerprint density at radius 1 is 0.815 bits per heavy atom. The Morgan fingerprint density at radius 2 is 1.52 bits per heavy atom. The van der Waals surface area contributed by atoms with Crippen molar-refractivity contribution in [1.29, 1.82) is 0 Å². The van der Waals surface area contributed by atoms with Gasteiger partial charge in [-0.1, -0.05) is 60.7 Å². The van der Waals surface area contributed by atoms with E-state index in [1.807, 2.05) is 91.0 Å². The molecule has 0 unspecified atom stereocenters. The standard InChI is InChI=1S/C24H18O3/c1-26-21-12-9-17(10-13-21)7-8-18-11-14-23-20(15-18)16-22(24(25)27-23)19-5-3-2-4-6-19/h2-16H,1H3/b8-7-. The molecule has 3 heteroatoms. The third-order valence-electron chi connectivity index (χ3n) is 4.43. The van der Waals surface area contributed by atoms with Crippen molar-refractivity contribution in [2.24, 2.45) is 0 Å². The molecule has 132 valence electrons. The van der Waals surface area contributed by atoms with Gasteiger partial charge in [0.1, 0.15) is 11.3 Å². The highest BCUT2D eigenvalue weighted by molar-refractivity contribution is 5.85. The number of hydrogen-bond acceptors (Lipinski definition) is 3. The Labute approximate surface area is 157 Å². The second kappa shape index (κ2) is 7.34. The van der Waals surface area contributed by atoms with Crippen LogP contribution < -0.4 is 10.4 Å². The van der Waals surface area contributed by atoms with Crippen LogP contribution in [0.3, 0.4) is 0 Å². The van der Waals surface area contributed by atoms with Gasteiger partial charge in [-0.05, 0) is 47.0 Å². The average Bonchev–Trinajstić information content (AvgIpc) is 2.73. The normalized spacial score (nSPS) is 11.1. The molecule has 0 atom stereocenters. The summed E-state index contributed by atoms with van der Waals surface area (Å²) in [6, 6.07) is 25.1. The van der Waals surface area contributed by atoms with Gasteiger partial charge in [-0.25, -0.2) is 4.79 Å². The Morgan fingerprint density at radius 3 is 2.26 bits per heavy atom. The maximum atomic E-state index is 12.3. The first kappa shape index (κ1) is 16.9. The van der Waals surface area contributed by atoms with Gasteiger partial charge in [0.05, 0.1) is 12.7 Å². The van der Waals surface area contributed by atoms with E-state index in [0.717, 1.165) is 27.8 Å². The summed E-state index contributed by atoms with van der Waals surface area (Å²) < 4.78 is 10.7. The summed E-state index contributed by atoms with van der Waals surface area (Å²) in [4.78, 5) is 12.3. The fourth-order valence-electron chi connectivity index (χ4n) is 2.97. The number of benzene rings is 3. The molecule has 27 heavy (non-hydrogen) atoms. The van der Waals surface area contributed by atoms with Crippen LogP contribution in [0.2, 0.25) is 0 Å². The van der Waals surface area contributed by atoms with Crippen LogP contribution in [0.5, 0.6) is 5.75 Å². The zero-order chi connectivity index (χ0) is 18.6. The molecular weight excluding hydrogens is 336 g/mol. The largest absolute Gasteiger partial charge is 0.497 e. The van der Waals surface area contributed by atoms with Gasteiger partial charge in [-0.2, -0.15) is 0 Å². The third-order valence-corrected chi connectivity index (χ3v) is 4.43. The molecule has 0 saturated heterocycles. The minimum atomic E-state index is -0.324. The number of rotatable bonds is 4. The van der Waals surface area contributed by atoms with Crippen molar-refractivity contribution >= 4 is 23.1 Å². The van der Waals surface area contributed by atoms with E-state index in [4.69, 9.17) is 9.15 Å². The van der Waals surface area contributed by atoms with Gasteiger partial charge in [0.15, 0.2) is 0 Å². The van der Waals surface area contributed by atoms with Crippen LogP contribution in [0.4, 0.5) is 0 Å². The molecule has 0 amide bonds. The molecule has 3 aromatic carbocycles. The molecule has 0 radical (unpaired) electrons. The molecule has 1 heterocycles. The lowest BCUT2D eigenvalue weighted by atomic mass is 10.0. The van der Waals surface area contributed by atoms with E-state index in [0.29, 0.717) is 11.1 Å². The van der Waals surface area contributed by atoms with Gasteiger partial charge in [0, 0.05) is 5.39 Å². The molecule has 0 saturated carbocycles. The SMILES string of the molecule is COc1ccc(/C=C\c2ccc3oc(=O)c(-c4ccccc4)cc3c2)cc1. The minimum absolute atomic E-state index is 0.324. The highest BCUT2D eigenvalue weighted by Gasteiger charge is 2.07. The first-order valence-corrected chi connectivity index (χ1v) is 8.68. The monoisotopic (exact) mass is 354 g/mol. The third kappa shape index (κ3) is 3.67. The van der Waals surface area contributed by atoms with E-state index in [1.165, 1.54) is 0 Å². The van der Waals surface area contributed by atoms with Gasteiger partial charge in [-0.15, -0.1) is 0 Å². The van der Waals surface area contributed by atoms with Crippen LogP contribution in [-0.2, 0) is 0 Å². The first-order valence-electron chi connectivity index (χ1n) is 8.68. The van der Waals surface area contributed by atoms with Crippen molar-refractivity contribution in [3.05, 3.63) is 100 Å². The van der Waals surface area contributed by atoms with E-state index < -0.39 is 0 Å². The molecule has 0 spiro atoms. The minimum Gasteiger partial charge on any atom is -0.497 e. The van der Waals surface area contributed by atoms with Gasteiger partial charge in [-0.3, -0.25) is 0 Å². The highest BCUT2D eigenvalue weighted by atomic mass is 16.5. The van der Waals surface area contributed by atoms with E-state index in [1.54, 1.807) is 7.11 Å². The smallest absolute Gasteiger partial charge is 0.344 e. The van der Waals surface area contributed by atoms with Crippen LogP contribution in [0.15, 0.2) is 88.1 Å². The summed E-state index contributed by atoms with van der Waals surface area (Å²) in [6.45, 7) is 0. The Balaban J connectivity index is 1.69. The topological polar surface area (TPSA) is 39.4 Å². The van der Waals surface area contributed by atoms with E-state index >= 15 is 0 Å². The first-order chi connectivity index (χ1) is 13.2. The van der Waals surface area contributed by atoms with Crippen LogP contribution in [-0.4, -0.2) is 7.11 Å². The molecule has 4 aromatic rings. The van der Waals surface area contributed by atoms with Crippen LogP contribution in [0, 0.1) is 0 Å². The molecule has 0 bridgehead atoms. The van der Waals surface area contributed by atoms with Gasteiger partial charge in [0.2, 0.25) is 0 Å². The quantitative estimate of drug-likeness (QED) is 0.352. The lowest BCUT2D eigenvalue weighted by Crippen LogP contribution is -2.02. The molecule has 4 rings (SSSR count). The summed E-state index contributed by atoms with van der Waals surface area (Å²) in [5, 5.41) is 0.894. The predicted molar refractivity (Wildman–Crippen MR) is 110 cm³/mol. The maximum Gasteiger partial charge on any atom is 0.344 e. The summed E-state index contributed by atoms with van der Waals surface area (Å²) in [5.41, 5.74) is 3.80. The molecule has 0 aliphatic heterocycles. The van der Waals surface area contributed by atoms with E-state index in [2.05, 4.69) is 0 Å². The Kier molecular flexibility index (Phi) is 4.58. The average molecular weight is 354 g/mol. The van der Waals surface area contributed by atoms with Crippen molar-refractivity contribution < 1.29 is 9.15 Å². The van der Waals surface area contributed by atoms with Crippen molar-refractivity contribution in [2.75, 3.05) is 7.11 Å². The summed E-state index contributed by atoms with van der Waals surface area (Å²) in [5.74, 6) is 0.835. The number of hydrogen-bond donors (Lipinski definition) is 0. The van der Waals surface area contributed by atoms with Gasteiger partial charge in [0.25, 0.3) is 0 Å². The number of ether oxygens (including phenoxy) is 1. The predicted octanol–water partition coefficient (Wildman–Crippen LogP) is 5.64. The lowest BCUT2D eigenvalue weighted by molar-refractivity contribution is 0.415. The zero-order valence-corrected chi connectivity index (χ0v) is 14.9. The van der Waals surface area contributed by atoms with E-state index in [9.17, 15) is 4.79 Å².